The maximum Gasteiger partial charge on any atom is 0.266 e. The van der Waals surface area contributed by atoms with E-state index in [0.717, 1.165) is 15.6 Å². The second-order valence-corrected chi connectivity index (χ2v) is 5.78. The second kappa shape index (κ2) is 5.21. The normalized spacial score (nSPS) is 19.8. The lowest BCUT2D eigenvalue weighted by atomic mass is 10.0. The summed E-state index contributed by atoms with van der Waals surface area (Å²) in [7, 11) is 3.46. The third-order valence-electron chi connectivity index (χ3n) is 3.36. The lowest BCUT2D eigenvalue weighted by Crippen LogP contribution is -2.23. The molecule has 1 aliphatic heterocycles. The number of hydrogen-bond acceptors (Lipinski definition) is 3. The molecule has 0 bridgehead atoms. The predicted molar refractivity (Wildman–Crippen MR) is 82.4 cm³/mol. The molecule has 0 saturated carbocycles. The molecule has 1 heterocycles. The molecule has 1 aromatic rings. The Hall–Kier alpha value is -1.55. The molecule has 19 heavy (non-hydrogen) atoms. The highest BCUT2D eigenvalue weighted by molar-refractivity contribution is 8.18. The number of aliphatic imine (C=N–C) groups is 1. The van der Waals surface area contributed by atoms with Crippen LogP contribution in [0.25, 0.3) is 6.08 Å². The molecule has 1 aromatic carbocycles. The van der Waals surface area contributed by atoms with E-state index in [1.165, 1.54) is 28.5 Å². The van der Waals surface area contributed by atoms with Crippen LogP contribution in [0.15, 0.2) is 22.0 Å². The van der Waals surface area contributed by atoms with Gasteiger partial charge in [0, 0.05) is 14.1 Å². The summed E-state index contributed by atoms with van der Waals surface area (Å²) in [5, 5.41) is 0.748. The number of rotatable bonds is 1. The summed E-state index contributed by atoms with van der Waals surface area (Å²) in [6.07, 6.45) is 1.96. The molecule has 4 heteroatoms. The van der Waals surface area contributed by atoms with Gasteiger partial charge in [-0.2, -0.15) is 0 Å². The number of likely N-dealkylation sites (N-methyl/N-ethyl adjacent to an activating group) is 1. The Kier molecular flexibility index (Phi) is 3.80. The predicted octanol–water partition coefficient (Wildman–Crippen LogP) is 3.14. The molecule has 1 aliphatic rings. The van der Waals surface area contributed by atoms with Crippen LogP contribution in [0.5, 0.6) is 0 Å². The molecule has 1 saturated heterocycles. The van der Waals surface area contributed by atoms with Crippen LogP contribution in [-0.4, -0.2) is 30.1 Å². The van der Waals surface area contributed by atoms with E-state index in [1.807, 2.05) is 6.08 Å². The number of benzene rings is 1. The van der Waals surface area contributed by atoms with E-state index in [4.69, 9.17) is 0 Å². The Morgan fingerprint density at radius 2 is 1.79 bits per heavy atom. The standard InChI is InChI=1S/C15H18N2OS/c1-9-6-11(3)12(7-10(9)2)8-13-14(18)17(5)15(16-4)19-13/h6-8H,1-5H3/b13-8+,16-15?. The quantitative estimate of drug-likeness (QED) is 0.737. The fourth-order valence-electron chi connectivity index (χ4n) is 2.03. The molecule has 0 aromatic heterocycles. The van der Waals surface area contributed by atoms with Crippen molar-refractivity contribution in [2.75, 3.05) is 14.1 Å². The number of carbonyl (C=O) groups excluding carboxylic acids is 1. The molecular weight excluding hydrogens is 256 g/mol. The molecule has 0 unspecified atom stereocenters. The Balaban J connectivity index is 2.43. The van der Waals surface area contributed by atoms with E-state index in [9.17, 15) is 4.79 Å². The molecule has 2 rings (SSSR count). The van der Waals surface area contributed by atoms with Crippen molar-refractivity contribution in [3.05, 3.63) is 39.3 Å². The van der Waals surface area contributed by atoms with Crippen molar-refractivity contribution in [2.45, 2.75) is 20.8 Å². The smallest absolute Gasteiger partial charge is 0.266 e. The Bertz CT molecular complexity index is 602. The minimum absolute atomic E-state index is 0.0169. The molecule has 0 radical (unpaired) electrons. The lowest BCUT2D eigenvalue weighted by Gasteiger charge is -2.07. The topological polar surface area (TPSA) is 32.7 Å². The van der Waals surface area contributed by atoms with Crippen molar-refractivity contribution in [1.29, 1.82) is 0 Å². The van der Waals surface area contributed by atoms with Crippen LogP contribution in [-0.2, 0) is 4.79 Å². The first-order chi connectivity index (χ1) is 8.93. The average molecular weight is 274 g/mol. The minimum atomic E-state index is 0.0169. The number of amides is 1. The van der Waals surface area contributed by atoms with Crippen LogP contribution in [0.4, 0.5) is 0 Å². The van der Waals surface area contributed by atoms with Gasteiger partial charge in [0.05, 0.1) is 4.91 Å². The van der Waals surface area contributed by atoms with Gasteiger partial charge in [0.15, 0.2) is 5.17 Å². The summed E-state index contributed by atoms with van der Waals surface area (Å²) < 4.78 is 0. The molecule has 0 atom stereocenters. The lowest BCUT2D eigenvalue weighted by molar-refractivity contribution is -0.121. The van der Waals surface area contributed by atoms with Crippen molar-refractivity contribution in [1.82, 2.24) is 4.90 Å². The zero-order chi connectivity index (χ0) is 14.2. The van der Waals surface area contributed by atoms with Crippen molar-refractivity contribution in [3.63, 3.8) is 0 Å². The summed E-state index contributed by atoms with van der Waals surface area (Å²) in [5.41, 5.74) is 4.81. The van der Waals surface area contributed by atoms with Gasteiger partial charge in [-0.3, -0.25) is 14.7 Å². The van der Waals surface area contributed by atoms with E-state index in [2.05, 4.69) is 37.9 Å². The highest BCUT2D eigenvalue weighted by atomic mass is 32.2. The van der Waals surface area contributed by atoms with Gasteiger partial charge >= 0.3 is 0 Å². The zero-order valence-corrected chi connectivity index (χ0v) is 12.8. The molecule has 0 N–H and O–H groups in total. The van der Waals surface area contributed by atoms with Gasteiger partial charge in [-0.15, -0.1) is 0 Å². The first-order valence-corrected chi connectivity index (χ1v) is 6.98. The number of nitrogens with zero attached hydrogens (tertiary/aromatic N) is 2. The molecule has 100 valence electrons. The monoisotopic (exact) mass is 274 g/mol. The third kappa shape index (κ3) is 2.59. The number of aryl methyl sites for hydroxylation is 3. The second-order valence-electron chi connectivity index (χ2n) is 4.77. The Morgan fingerprint density at radius 1 is 1.16 bits per heavy atom. The van der Waals surface area contributed by atoms with Crippen LogP contribution in [0.1, 0.15) is 22.3 Å². The van der Waals surface area contributed by atoms with E-state index in [-0.39, 0.29) is 5.91 Å². The summed E-state index contributed by atoms with van der Waals surface area (Å²) in [6.45, 7) is 6.26. The van der Waals surface area contributed by atoms with Gasteiger partial charge in [-0.25, -0.2) is 0 Å². The van der Waals surface area contributed by atoms with E-state index < -0.39 is 0 Å². The molecule has 1 amide bonds. The molecule has 0 aliphatic carbocycles. The fraction of sp³-hybridized carbons (Fsp3) is 0.333. The number of hydrogen-bond donors (Lipinski definition) is 0. The fourth-order valence-corrected chi connectivity index (χ4v) is 2.95. The molecular formula is C15H18N2OS. The van der Waals surface area contributed by atoms with Crippen molar-refractivity contribution in [2.24, 2.45) is 4.99 Å². The zero-order valence-electron chi connectivity index (χ0n) is 11.9. The van der Waals surface area contributed by atoms with E-state index in [0.29, 0.717) is 0 Å². The van der Waals surface area contributed by atoms with Crippen molar-refractivity contribution >= 4 is 28.9 Å². The summed E-state index contributed by atoms with van der Waals surface area (Å²) in [6, 6.07) is 4.29. The van der Waals surface area contributed by atoms with Crippen LogP contribution in [0, 0.1) is 20.8 Å². The summed E-state index contributed by atoms with van der Waals surface area (Å²) in [4.78, 5) is 18.5. The van der Waals surface area contributed by atoms with Crippen LogP contribution >= 0.6 is 11.8 Å². The first kappa shape index (κ1) is 13.9. The highest BCUT2D eigenvalue weighted by Crippen LogP contribution is 2.32. The first-order valence-electron chi connectivity index (χ1n) is 6.16. The average Bonchev–Trinajstić information content (AvgIpc) is 2.63. The molecule has 1 fully saturated rings. The number of thioether (sulfide) groups is 1. The maximum absolute atomic E-state index is 12.1. The SMILES string of the molecule is CN=C1S/C(=C/c2cc(C)c(C)cc2C)C(=O)N1C. The molecule has 0 spiro atoms. The van der Waals surface area contributed by atoms with Crippen LogP contribution < -0.4 is 0 Å². The van der Waals surface area contributed by atoms with Gasteiger partial charge in [0.25, 0.3) is 5.91 Å². The number of carbonyl (C=O) groups is 1. The van der Waals surface area contributed by atoms with Crippen molar-refractivity contribution < 1.29 is 4.79 Å². The van der Waals surface area contributed by atoms with E-state index >= 15 is 0 Å². The van der Waals surface area contributed by atoms with Crippen molar-refractivity contribution in [3.8, 4) is 0 Å². The van der Waals surface area contributed by atoms with Gasteiger partial charge < -0.3 is 0 Å². The summed E-state index contributed by atoms with van der Waals surface area (Å²) >= 11 is 1.43. The summed E-state index contributed by atoms with van der Waals surface area (Å²) in [5.74, 6) is 0.0169. The van der Waals surface area contributed by atoms with Crippen LogP contribution in [0.2, 0.25) is 0 Å². The van der Waals surface area contributed by atoms with E-state index in [1.54, 1.807) is 19.0 Å². The highest BCUT2D eigenvalue weighted by Gasteiger charge is 2.29. The van der Waals surface area contributed by atoms with Crippen LogP contribution in [0.3, 0.4) is 0 Å². The largest absolute Gasteiger partial charge is 0.290 e. The Morgan fingerprint density at radius 3 is 2.37 bits per heavy atom. The van der Waals surface area contributed by atoms with Gasteiger partial charge in [-0.1, -0.05) is 12.1 Å². The Labute approximate surface area is 118 Å². The maximum atomic E-state index is 12.1. The minimum Gasteiger partial charge on any atom is -0.290 e. The van der Waals surface area contributed by atoms with Gasteiger partial charge in [0.2, 0.25) is 0 Å². The number of amidine groups is 1. The third-order valence-corrected chi connectivity index (χ3v) is 4.52. The molecule has 3 nitrogen and oxygen atoms in total. The van der Waals surface area contributed by atoms with Gasteiger partial charge in [-0.05, 0) is 60.9 Å². The van der Waals surface area contributed by atoms with Gasteiger partial charge in [0.1, 0.15) is 0 Å².